The maximum Gasteiger partial charge on any atom is 0.248 e. The zero-order chi connectivity index (χ0) is 18.2. The number of ether oxygens (including phenoxy) is 2. The maximum absolute atomic E-state index is 12.2. The number of nitrogens with one attached hydrogen (secondary N) is 1. The van der Waals surface area contributed by atoms with Crippen LogP contribution >= 0.6 is 0 Å². The van der Waals surface area contributed by atoms with E-state index in [1.54, 1.807) is 6.08 Å². The molecule has 0 fully saturated rings. The molecule has 0 saturated carbocycles. The predicted octanol–water partition coefficient (Wildman–Crippen LogP) is 4.75. The summed E-state index contributed by atoms with van der Waals surface area (Å²) in [6, 6.07) is 11.5. The molecule has 25 heavy (non-hydrogen) atoms. The largest absolute Gasteiger partial charge is 0.490 e. The molecule has 1 N–H and O–H groups in total. The highest BCUT2D eigenvalue weighted by Gasteiger charge is 2.06. The van der Waals surface area contributed by atoms with Gasteiger partial charge in [-0.3, -0.25) is 4.79 Å². The molecule has 2 rings (SSSR count). The van der Waals surface area contributed by atoms with E-state index in [2.05, 4.69) is 5.32 Å². The first-order valence-corrected chi connectivity index (χ1v) is 8.50. The zero-order valence-corrected chi connectivity index (χ0v) is 15.3. The Balaban J connectivity index is 2.11. The predicted molar refractivity (Wildman–Crippen MR) is 102 cm³/mol. The molecule has 0 atom stereocenters. The number of carbonyl (C=O) groups excluding carboxylic acids is 1. The van der Waals surface area contributed by atoms with E-state index in [4.69, 9.17) is 9.47 Å². The molecular weight excluding hydrogens is 314 g/mol. The van der Waals surface area contributed by atoms with Gasteiger partial charge in [0.05, 0.1) is 13.2 Å². The molecular formula is C21H25NO3. The van der Waals surface area contributed by atoms with Gasteiger partial charge in [-0.05, 0) is 68.7 Å². The fraction of sp³-hybridized carbons (Fsp3) is 0.286. The van der Waals surface area contributed by atoms with E-state index in [1.165, 1.54) is 6.08 Å². The Morgan fingerprint density at radius 3 is 2.48 bits per heavy atom. The molecule has 0 aromatic heterocycles. The number of rotatable bonds is 7. The van der Waals surface area contributed by atoms with Crippen LogP contribution in [0.1, 0.15) is 30.5 Å². The van der Waals surface area contributed by atoms with E-state index in [9.17, 15) is 4.79 Å². The summed E-state index contributed by atoms with van der Waals surface area (Å²) in [4.78, 5) is 12.2. The van der Waals surface area contributed by atoms with Crippen molar-refractivity contribution in [1.29, 1.82) is 0 Å². The molecule has 0 heterocycles. The number of anilines is 1. The van der Waals surface area contributed by atoms with Gasteiger partial charge in [0.15, 0.2) is 11.5 Å². The Morgan fingerprint density at radius 1 is 1.04 bits per heavy atom. The molecule has 0 radical (unpaired) electrons. The third kappa shape index (κ3) is 5.11. The van der Waals surface area contributed by atoms with Crippen molar-refractivity contribution in [3.63, 3.8) is 0 Å². The minimum absolute atomic E-state index is 0.166. The molecule has 0 unspecified atom stereocenters. The lowest BCUT2D eigenvalue weighted by Crippen LogP contribution is -2.09. The van der Waals surface area contributed by atoms with E-state index in [0.717, 1.165) is 22.4 Å². The average molecular weight is 339 g/mol. The van der Waals surface area contributed by atoms with Gasteiger partial charge in [-0.2, -0.15) is 0 Å². The summed E-state index contributed by atoms with van der Waals surface area (Å²) in [7, 11) is 0. The summed E-state index contributed by atoms with van der Waals surface area (Å²) in [5, 5.41) is 2.91. The average Bonchev–Trinajstić information content (AvgIpc) is 2.59. The second-order valence-electron chi connectivity index (χ2n) is 5.64. The summed E-state index contributed by atoms with van der Waals surface area (Å²) in [6.45, 7) is 9.01. The second-order valence-corrected chi connectivity index (χ2v) is 5.64. The molecule has 0 bridgehead atoms. The standard InChI is InChI=1S/C21H25NO3/c1-5-24-19-12-10-17(14-20(19)25-6-2)11-13-21(23)22-18-9-7-8-15(3)16(18)4/h7-14H,5-6H2,1-4H3,(H,22,23). The molecule has 0 aliphatic carbocycles. The van der Waals surface area contributed by atoms with Gasteiger partial charge in [0.25, 0.3) is 0 Å². The molecule has 0 aliphatic rings. The lowest BCUT2D eigenvalue weighted by molar-refractivity contribution is -0.111. The summed E-state index contributed by atoms with van der Waals surface area (Å²) < 4.78 is 11.1. The molecule has 1 amide bonds. The smallest absolute Gasteiger partial charge is 0.248 e. The molecule has 0 aliphatic heterocycles. The number of amides is 1. The topological polar surface area (TPSA) is 47.6 Å². The van der Waals surface area contributed by atoms with Gasteiger partial charge < -0.3 is 14.8 Å². The highest BCUT2D eigenvalue weighted by molar-refractivity contribution is 6.02. The Morgan fingerprint density at radius 2 is 1.76 bits per heavy atom. The third-order valence-electron chi connectivity index (χ3n) is 3.86. The van der Waals surface area contributed by atoms with E-state index in [0.29, 0.717) is 24.7 Å². The lowest BCUT2D eigenvalue weighted by Gasteiger charge is -2.11. The lowest BCUT2D eigenvalue weighted by atomic mass is 10.1. The maximum atomic E-state index is 12.2. The summed E-state index contributed by atoms with van der Waals surface area (Å²) in [5.74, 6) is 1.23. The van der Waals surface area contributed by atoms with Gasteiger partial charge in [0.2, 0.25) is 5.91 Å². The molecule has 2 aromatic carbocycles. The van der Waals surface area contributed by atoms with Crippen molar-refractivity contribution in [2.24, 2.45) is 0 Å². The molecule has 0 spiro atoms. The van der Waals surface area contributed by atoms with Crippen LogP contribution in [0.3, 0.4) is 0 Å². The Bertz CT molecular complexity index is 766. The van der Waals surface area contributed by atoms with E-state index >= 15 is 0 Å². The molecule has 132 valence electrons. The minimum atomic E-state index is -0.166. The molecule has 0 saturated heterocycles. The number of aryl methyl sites for hydroxylation is 1. The van der Waals surface area contributed by atoms with Crippen LogP contribution in [0, 0.1) is 13.8 Å². The fourth-order valence-electron chi connectivity index (χ4n) is 2.40. The first-order chi connectivity index (χ1) is 12.0. The highest BCUT2D eigenvalue weighted by Crippen LogP contribution is 2.29. The van der Waals surface area contributed by atoms with Crippen molar-refractivity contribution in [3.8, 4) is 11.5 Å². The van der Waals surface area contributed by atoms with Crippen LogP contribution in [0.4, 0.5) is 5.69 Å². The quantitative estimate of drug-likeness (QED) is 0.740. The van der Waals surface area contributed by atoms with Crippen LogP contribution in [-0.4, -0.2) is 19.1 Å². The summed E-state index contributed by atoms with van der Waals surface area (Å²) in [5.41, 5.74) is 3.93. The van der Waals surface area contributed by atoms with Crippen molar-refractivity contribution in [1.82, 2.24) is 0 Å². The van der Waals surface area contributed by atoms with Crippen LogP contribution in [0.15, 0.2) is 42.5 Å². The van der Waals surface area contributed by atoms with Crippen molar-refractivity contribution in [2.75, 3.05) is 18.5 Å². The van der Waals surface area contributed by atoms with E-state index in [1.807, 2.05) is 64.1 Å². The van der Waals surface area contributed by atoms with Gasteiger partial charge in [0, 0.05) is 11.8 Å². The van der Waals surface area contributed by atoms with Gasteiger partial charge in [0.1, 0.15) is 0 Å². The van der Waals surface area contributed by atoms with Crippen LogP contribution in [0.5, 0.6) is 11.5 Å². The van der Waals surface area contributed by atoms with Crippen molar-refractivity contribution in [3.05, 3.63) is 59.2 Å². The second kappa shape index (κ2) is 8.92. The summed E-state index contributed by atoms with van der Waals surface area (Å²) >= 11 is 0. The Labute approximate surface area is 149 Å². The Hall–Kier alpha value is -2.75. The first kappa shape index (κ1) is 18.6. The van der Waals surface area contributed by atoms with Crippen LogP contribution < -0.4 is 14.8 Å². The van der Waals surface area contributed by atoms with Gasteiger partial charge in [-0.15, -0.1) is 0 Å². The minimum Gasteiger partial charge on any atom is -0.490 e. The highest BCUT2D eigenvalue weighted by atomic mass is 16.5. The monoisotopic (exact) mass is 339 g/mol. The van der Waals surface area contributed by atoms with Crippen molar-refractivity contribution < 1.29 is 14.3 Å². The fourth-order valence-corrected chi connectivity index (χ4v) is 2.40. The zero-order valence-electron chi connectivity index (χ0n) is 15.3. The van der Waals surface area contributed by atoms with Crippen LogP contribution in [0.25, 0.3) is 6.08 Å². The number of benzene rings is 2. The van der Waals surface area contributed by atoms with Crippen LogP contribution in [0.2, 0.25) is 0 Å². The van der Waals surface area contributed by atoms with Crippen molar-refractivity contribution >= 4 is 17.7 Å². The molecule has 4 nitrogen and oxygen atoms in total. The number of hydrogen-bond acceptors (Lipinski definition) is 3. The van der Waals surface area contributed by atoms with E-state index < -0.39 is 0 Å². The van der Waals surface area contributed by atoms with E-state index in [-0.39, 0.29) is 5.91 Å². The molecule has 4 heteroatoms. The van der Waals surface area contributed by atoms with Gasteiger partial charge in [-0.1, -0.05) is 18.2 Å². The Kier molecular flexibility index (Phi) is 6.63. The third-order valence-corrected chi connectivity index (χ3v) is 3.86. The SMILES string of the molecule is CCOc1ccc(C=CC(=O)Nc2cccc(C)c2C)cc1OCC. The summed E-state index contributed by atoms with van der Waals surface area (Å²) in [6.07, 6.45) is 3.28. The van der Waals surface area contributed by atoms with Gasteiger partial charge in [-0.25, -0.2) is 0 Å². The first-order valence-electron chi connectivity index (χ1n) is 8.50. The number of hydrogen-bond donors (Lipinski definition) is 1. The van der Waals surface area contributed by atoms with Crippen molar-refractivity contribution in [2.45, 2.75) is 27.7 Å². The van der Waals surface area contributed by atoms with Gasteiger partial charge >= 0.3 is 0 Å². The van der Waals surface area contributed by atoms with Crippen LogP contribution in [-0.2, 0) is 4.79 Å². The normalized spacial score (nSPS) is 10.7. The molecule has 2 aromatic rings. The number of carbonyl (C=O) groups is 1.